The molecule has 3 aromatic rings. The van der Waals surface area contributed by atoms with E-state index in [-0.39, 0.29) is 11.6 Å². The van der Waals surface area contributed by atoms with Crippen LogP contribution in [0.2, 0.25) is 0 Å². The molecule has 1 aromatic heterocycles. The Morgan fingerprint density at radius 2 is 1.64 bits per heavy atom. The molecular weight excluding hydrogens is 346 g/mol. The molecule has 2 heterocycles. The number of nitrogens with zero attached hydrogens (tertiary/aromatic N) is 5. The van der Waals surface area contributed by atoms with Crippen LogP contribution in [-0.4, -0.2) is 50.0 Å². The molecule has 1 fully saturated rings. The second-order valence-electron chi connectivity index (χ2n) is 8.29. The van der Waals surface area contributed by atoms with E-state index in [1.165, 1.54) is 5.56 Å². The molecule has 1 aliphatic rings. The van der Waals surface area contributed by atoms with E-state index in [1.807, 2.05) is 22.9 Å². The number of aromatic nitrogens is 3. The van der Waals surface area contributed by atoms with Gasteiger partial charge < -0.3 is 0 Å². The van der Waals surface area contributed by atoms with Crippen LogP contribution in [0, 0.1) is 0 Å². The monoisotopic (exact) mass is 375 g/mol. The SMILES string of the molecule is CC(c1cn(-c2ccccc2)nn1)N1CCN(Cc2ccccc2)C(C)(C)C1. The summed E-state index contributed by atoms with van der Waals surface area (Å²) in [6, 6.07) is 21.2. The summed E-state index contributed by atoms with van der Waals surface area (Å²) in [7, 11) is 0. The third kappa shape index (κ3) is 4.01. The fraction of sp³-hybridized carbons (Fsp3) is 0.391. The van der Waals surface area contributed by atoms with Crippen molar-refractivity contribution in [2.45, 2.75) is 38.9 Å². The minimum atomic E-state index is 0.109. The van der Waals surface area contributed by atoms with Gasteiger partial charge in [-0.15, -0.1) is 5.10 Å². The predicted octanol–water partition coefficient (Wildman–Crippen LogP) is 3.92. The Kier molecular flexibility index (Phi) is 5.29. The molecule has 0 radical (unpaired) electrons. The molecular formula is C23H29N5. The molecule has 5 heteroatoms. The highest BCUT2D eigenvalue weighted by molar-refractivity contribution is 5.30. The van der Waals surface area contributed by atoms with Crippen LogP contribution < -0.4 is 0 Å². The molecule has 28 heavy (non-hydrogen) atoms. The van der Waals surface area contributed by atoms with Gasteiger partial charge in [0.25, 0.3) is 0 Å². The Morgan fingerprint density at radius 3 is 2.32 bits per heavy atom. The van der Waals surface area contributed by atoms with Gasteiger partial charge in [0, 0.05) is 31.7 Å². The van der Waals surface area contributed by atoms with Crippen LogP contribution in [0.1, 0.15) is 38.1 Å². The van der Waals surface area contributed by atoms with Crippen molar-refractivity contribution >= 4 is 0 Å². The average molecular weight is 376 g/mol. The number of para-hydroxylation sites is 1. The maximum Gasteiger partial charge on any atom is 0.1000 e. The standard InChI is InChI=1S/C23H29N5/c1-19(22-17-28(25-24-22)21-12-8-5-9-13-21)26-14-15-27(23(2,3)18-26)16-20-10-6-4-7-11-20/h4-13,17,19H,14-16,18H2,1-3H3. The molecule has 0 aliphatic carbocycles. The van der Waals surface area contributed by atoms with Crippen molar-refractivity contribution in [2.75, 3.05) is 19.6 Å². The lowest BCUT2D eigenvalue weighted by molar-refractivity contribution is -0.00351. The Morgan fingerprint density at radius 1 is 0.964 bits per heavy atom. The van der Waals surface area contributed by atoms with Crippen molar-refractivity contribution in [1.29, 1.82) is 0 Å². The molecule has 5 nitrogen and oxygen atoms in total. The van der Waals surface area contributed by atoms with Crippen LogP contribution in [0.4, 0.5) is 0 Å². The van der Waals surface area contributed by atoms with Gasteiger partial charge in [-0.25, -0.2) is 4.68 Å². The first-order chi connectivity index (χ1) is 13.5. The van der Waals surface area contributed by atoms with Gasteiger partial charge in [-0.05, 0) is 38.5 Å². The predicted molar refractivity (Wildman–Crippen MR) is 112 cm³/mol. The molecule has 1 unspecified atom stereocenters. The molecule has 0 amide bonds. The highest BCUT2D eigenvalue weighted by Crippen LogP contribution is 2.29. The van der Waals surface area contributed by atoms with Gasteiger partial charge in [-0.1, -0.05) is 53.7 Å². The summed E-state index contributed by atoms with van der Waals surface area (Å²) in [6.07, 6.45) is 2.06. The highest BCUT2D eigenvalue weighted by Gasteiger charge is 2.36. The average Bonchev–Trinajstić information content (AvgIpc) is 3.20. The van der Waals surface area contributed by atoms with E-state index in [4.69, 9.17) is 0 Å². The zero-order chi connectivity index (χ0) is 19.6. The first-order valence-electron chi connectivity index (χ1n) is 10.0. The van der Waals surface area contributed by atoms with Crippen LogP contribution in [0.15, 0.2) is 66.9 Å². The van der Waals surface area contributed by atoms with Crippen molar-refractivity contribution in [3.05, 3.63) is 78.1 Å². The Labute approximate surface area is 167 Å². The maximum atomic E-state index is 4.46. The lowest BCUT2D eigenvalue weighted by Gasteiger charge is -2.48. The summed E-state index contributed by atoms with van der Waals surface area (Å²) >= 11 is 0. The fourth-order valence-corrected chi connectivity index (χ4v) is 4.02. The van der Waals surface area contributed by atoms with E-state index < -0.39 is 0 Å². The number of rotatable bonds is 5. The Bertz CT molecular complexity index is 888. The van der Waals surface area contributed by atoms with Crippen LogP contribution in [0.25, 0.3) is 5.69 Å². The van der Waals surface area contributed by atoms with E-state index in [0.29, 0.717) is 0 Å². The third-order valence-electron chi connectivity index (χ3n) is 5.83. The highest BCUT2D eigenvalue weighted by atomic mass is 15.4. The van der Waals surface area contributed by atoms with Crippen molar-refractivity contribution in [3.8, 4) is 5.69 Å². The van der Waals surface area contributed by atoms with Gasteiger partial charge in [0.15, 0.2) is 0 Å². The minimum Gasteiger partial charge on any atom is -0.292 e. The normalized spacial score (nSPS) is 18.8. The van der Waals surface area contributed by atoms with Gasteiger partial charge in [-0.3, -0.25) is 9.80 Å². The van der Waals surface area contributed by atoms with Gasteiger partial charge in [0.1, 0.15) is 0 Å². The van der Waals surface area contributed by atoms with Crippen molar-refractivity contribution < 1.29 is 0 Å². The topological polar surface area (TPSA) is 37.2 Å². The van der Waals surface area contributed by atoms with E-state index in [1.54, 1.807) is 0 Å². The number of piperazine rings is 1. The number of hydrogen-bond acceptors (Lipinski definition) is 4. The van der Waals surface area contributed by atoms with Gasteiger partial charge in [-0.2, -0.15) is 0 Å². The van der Waals surface area contributed by atoms with Crippen molar-refractivity contribution in [1.82, 2.24) is 24.8 Å². The molecule has 1 saturated heterocycles. The van der Waals surface area contributed by atoms with Crippen molar-refractivity contribution in [3.63, 3.8) is 0 Å². The summed E-state index contributed by atoms with van der Waals surface area (Å²) in [5, 5.41) is 8.80. The van der Waals surface area contributed by atoms with E-state index in [9.17, 15) is 0 Å². The fourth-order valence-electron chi connectivity index (χ4n) is 4.02. The summed E-state index contributed by atoms with van der Waals surface area (Å²) in [6.45, 7) is 11.0. The maximum absolute atomic E-state index is 4.46. The van der Waals surface area contributed by atoms with Crippen LogP contribution >= 0.6 is 0 Å². The van der Waals surface area contributed by atoms with Gasteiger partial charge in [0.05, 0.1) is 23.6 Å². The van der Waals surface area contributed by atoms with Crippen molar-refractivity contribution in [2.24, 2.45) is 0 Å². The molecule has 2 aromatic carbocycles. The quantitative estimate of drug-likeness (QED) is 0.677. The molecule has 0 spiro atoms. The second-order valence-corrected chi connectivity index (χ2v) is 8.29. The second kappa shape index (κ2) is 7.86. The Balaban J connectivity index is 1.44. The summed E-state index contributed by atoms with van der Waals surface area (Å²) in [4.78, 5) is 5.12. The summed E-state index contributed by atoms with van der Waals surface area (Å²) in [5.74, 6) is 0. The van der Waals surface area contributed by atoms with Gasteiger partial charge >= 0.3 is 0 Å². The molecule has 0 bridgehead atoms. The summed E-state index contributed by atoms with van der Waals surface area (Å²) in [5.41, 5.74) is 3.55. The van der Waals surface area contributed by atoms with Crippen LogP contribution in [0.3, 0.4) is 0 Å². The first kappa shape index (κ1) is 18.8. The molecule has 146 valence electrons. The largest absolute Gasteiger partial charge is 0.292 e. The smallest absolute Gasteiger partial charge is 0.1000 e. The zero-order valence-corrected chi connectivity index (χ0v) is 17.0. The molecule has 0 saturated carbocycles. The van der Waals surface area contributed by atoms with E-state index >= 15 is 0 Å². The Hall–Kier alpha value is -2.50. The number of hydrogen-bond donors (Lipinski definition) is 0. The molecule has 1 atom stereocenters. The summed E-state index contributed by atoms with van der Waals surface area (Å²) < 4.78 is 1.86. The van der Waals surface area contributed by atoms with E-state index in [0.717, 1.165) is 37.6 Å². The molecule has 4 rings (SSSR count). The molecule has 0 N–H and O–H groups in total. The third-order valence-corrected chi connectivity index (χ3v) is 5.83. The lowest BCUT2D eigenvalue weighted by Crippen LogP contribution is -2.59. The first-order valence-corrected chi connectivity index (χ1v) is 10.0. The molecule has 1 aliphatic heterocycles. The van der Waals surface area contributed by atoms with Gasteiger partial charge in [0.2, 0.25) is 0 Å². The zero-order valence-electron chi connectivity index (χ0n) is 17.0. The number of benzene rings is 2. The minimum absolute atomic E-state index is 0.109. The van der Waals surface area contributed by atoms with Crippen LogP contribution in [-0.2, 0) is 6.54 Å². The van der Waals surface area contributed by atoms with Crippen LogP contribution in [0.5, 0.6) is 0 Å². The van der Waals surface area contributed by atoms with E-state index in [2.05, 4.69) is 89.5 Å². The lowest BCUT2D eigenvalue weighted by atomic mass is 9.96.